The van der Waals surface area contributed by atoms with E-state index in [1.54, 1.807) is 0 Å². The van der Waals surface area contributed by atoms with Crippen molar-refractivity contribution < 1.29 is 14.3 Å². The zero-order valence-corrected chi connectivity index (χ0v) is 7.92. The van der Waals surface area contributed by atoms with Crippen LogP contribution in [-0.4, -0.2) is 12.1 Å². The van der Waals surface area contributed by atoms with Gasteiger partial charge in [-0.2, -0.15) is 0 Å². The van der Waals surface area contributed by atoms with E-state index in [1.807, 2.05) is 30.3 Å². The largest absolute Gasteiger partial charge is 0.364 e. The Balaban J connectivity index is 1.87. The molecule has 0 bridgehead atoms. The van der Waals surface area contributed by atoms with E-state index in [2.05, 4.69) is 4.74 Å². The van der Waals surface area contributed by atoms with E-state index in [4.69, 9.17) is 10.00 Å². The Bertz CT molecular complexity index is 396. The zero-order valence-electron chi connectivity index (χ0n) is 7.92. The first-order valence-corrected chi connectivity index (χ1v) is 4.60. The second-order valence-corrected chi connectivity index (χ2v) is 3.28. The standard InChI is InChI=1S/C11H9NO3/c12-7-14-10(13)6-9-11(15-9)8-4-2-1-3-5-8/h1-5,9,11H,6H2. The van der Waals surface area contributed by atoms with Crippen LogP contribution in [0.5, 0.6) is 0 Å². The molecule has 0 spiro atoms. The number of ether oxygens (including phenoxy) is 2. The van der Waals surface area contributed by atoms with Crippen LogP contribution in [0.1, 0.15) is 18.1 Å². The molecule has 1 heterocycles. The lowest BCUT2D eigenvalue weighted by molar-refractivity contribution is -0.137. The number of hydrogen-bond donors (Lipinski definition) is 0. The number of esters is 1. The van der Waals surface area contributed by atoms with Crippen molar-refractivity contribution in [3.05, 3.63) is 35.9 Å². The first-order chi connectivity index (χ1) is 7.31. The van der Waals surface area contributed by atoms with Crippen molar-refractivity contribution in [2.75, 3.05) is 0 Å². The molecular weight excluding hydrogens is 194 g/mol. The molecule has 4 heteroatoms. The molecule has 0 N–H and O–H groups in total. The Kier molecular flexibility index (Phi) is 2.66. The number of carbonyl (C=O) groups excluding carboxylic acids is 1. The third-order valence-electron chi connectivity index (χ3n) is 2.24. The van der Waals surface area contributed by atoms with E-state index in [-0.39, 0.29) is 18.6 Å². The zero-order chi connectivity index (χ0) is 10.7. The minimum Gasteiger partial charge on any atom is -0.364 e. The molecule has 76 valence electrons. The first kappa shape index (κ1) is 9.69. The summed E-state index contributed by atoms with van der Waals surface area (Å²) in [6, 6.07) is 9.65. The molecule has 1 aromatic carbocycles. The third-order valence-corrected chi connectivity index (χ3v) is 2.24. The van der Waals surface area contributed by atoms with Crippen molar-refractivity contribution >= 4 is 5.97 Å². The van der Waals surface area contributed by atoms with Crippen molar-refractivity contribution in [3.8, 4) is 6.26 Å². The van der Waals surface area contributed by atoms with Gasteiger partial charge in [0.15, 0.2) is 0 Å². The summed E-state index contributed by atoms with van der Waals surface area (Å²) in [5, 5.41) is 8.12. The lowest BCUT2D eigenvalue weighted by Gasteiger charge is -1.93. The number of rotatable bonds is 3. The lowest BCUT2D eigenvalue weighted by Crippen LogP contribution is -2.04. The van der Waals surface area contributed by atoms with E-state index >= 15 is 0 Å². The molecule has 2 rings (SSSR count). The maximum atomic E-state index is 10.9. The van der Waals surface area contributed by atoms with E-state index in [0.717, 1.165) is 5.56 Å². The Morgan fingerprint density at radius 1 is 1.47 bits per heavy atom. The van der Waals surface area contributed by atoms with Crippen molar-refractivity contribution in [3.63, 3.8) is 0 Å². The molecule has 15 heavy (non-hydrogen) atoms. The topological polar surface area (TPSA) is 62.6 Å². The SMILES string of the molecule is N#COC(=O)CC1OC1c1ccccc1. The van der Waals surface area contributed by atoms with Gasteiger partial charge < -0.3 is 9.47 Å². The van der Waals surface area contributed by atoms with Crippen LogP contribution in [0.15, 0.2) is 30.3 Å². The molecular formula is C11H9NO3. The van der Waals surface area contributed by atoms with E-state index in [9.17, 15) is 4.79 Å². The van der Waals surface area contributed by atoms with Gasteiger partial charge in [0, 0.05) is 0 Å². The van der Waals surface area contributed by atoms with Crippen molar-refractivity contribution in [1.82, 2.24) is 0 Å². The van der Waals surface area contributed by atoms with Crippen LogP contribution >= 0.6 is 0 Å². The number of nitriles is 1. The molecule has 1 aliphatic rings. The monoisotopic (exact) mass is 203 g/mol. The van der Waals surface area contributed by atoms with E-state index in [0.29, 0.717) is 0 Å². The van der Waals surface area contributed by atoms with Gasteiger partial charge in [-0.3, -0.25) is 4.79 Å². The van der Waals surface area contributed by atoms with Gasteiger partial charge in [-0.25, -0.2) is 0 Å². The quantitative estimate of drug-likeness (QED) is 0.424. The van der Waals surface area contributed by atoms with Gasteiger partial charge in [0.05, 0.1) is 12.5 Å². The summed E-state index contributed by atoms with van der Waals surface area (Å²) in [6.45, 7) is 0. The second-order valence-electron chi connectivity index (χ2n) is 3.28. The van der Waals surface area contributed by atoms with Gasteiger partial charge >= 0.3 is 5.97 Å². The summed E-state index contributed by atoms with van der Waals surface area (Å²) >= 11 is 0. The molecule has 0 amide bonds. The Hall–Kier alpha value is -1.86. The molecule has 1 saturated heterocycles. The number of hydrogen-bond acceptors (Lipinski definition) is 4. The van der Waals surface area contributed by atoms with E-state index in [1.165, 1.54) is 6.26 Å². The molecule has 2 atom stereocenters. The average molecular weight is 203 g/mol. The maximum absolute atomic E-state index is 10.9. The number of epoxide rings is 1. The summed E-state index contributed by atoms with van der Waals surface area (Å²) in [5.74, 6) is -0.541. The molecule has 0 aliphatic carbocycles. The highest BCUT2D eigenvalue weighted by molar-refractivity contribution is 5.71. The number of carbonyl (C=O) groups is 1. The molecule has 0 saturated carbocycles. The molecule has 0 aromatic heterocycles. The summed E-state index contributed by atoms with van der Waals surface area (Å²) in [5.41, 5.74) is 1.05. The Morgan fingerprint density at radius 3 is 2.87 bits per heavy atom. The van der Waals surface area contributed by atoms with Crippen LogP contribution in [-0.2, 0) is 14.3 Å². The molecule has 4 nitrogen and oxygen atoms in total. The number of benzene rings is 1. The Morgan fingerprint density at radius 2 is 2.20 bits per heavy atom. The highest BCUT2D eigenvalue weighted by Crippen LogP contribution is 2.40. The molecule has 0 radical (unpaired) electrons. The van der Waals surface area contributed by atoms with Crippen LogP contribution < -0.4 is 0 Å². The van der Waals surface area contributed by atoms with Gasteiger partial charge in [0.2, 0.25) is 0 Å². The fourth-order valence-electron chi connectivity index (χ4n) is 1.49. The summed E-state index contributed by atoms with van der Waals surface area (Å²) < 4.78 is 9.47. The van der Waals surface area contributed by atoms with Crippen molar-refractivity contribution in [2.24, 2.45) is 0 Å². The van der Waals surface area contributed by atoms with Crippen LogP contribution in [0, 0.1) is 11.5 Å². The van der Waals surface area contributed by atoms with Crippen molar-refractivity contribution in [1.29, 1.82) is 5.26 Å². The minimum absolute atomic E-state index is 0.0301. The Labute approximate surface area is 87.0 Å². The maximum Gasteiger partial charge on any atom is 0.324 e. The lowest BCUT2D eigenvalue weighted by atomic mass is 10.1. The predicted molar refractivity (Wildman–Crippen MR) is 50.4 cm³/mol. The van der Waals surface area contributed by atoms with Gasteiger partial charge in [-0.1, -0.05) is 30.3 Å². The molecule has 1 fully saturated rings. The van der Waals surface area contributed by atoms with Gasteiger partial charge in [-0.15, -0.1) is 5.26 Å². The summed E-state index contributed by atoms with van der Waals surface area (Å²) in [6.07, 6.45) is 1.31. The van der Waals surface area contributed by atoms with Crippen LogP contribution in [0.4, 0.5) is 0 Å². The summed E-state index contributed by atoms with van der Waals surface area (Å²) in [7, 11) is 0. The highest BCUT2D eigenvalue weighted by Gasteiger charge is 2.41. The van der Waals surface area contributed by atoms with Gasteiger partial charge in [0.1, 0.15) is 6.10 Å². The van der Waals surface area contributed by atoms with Crippen LogP contribution in [0.3, 0.4) is 0 Å². The minimum atomic E-state index is -0.541. The van der Waals surface area contributed by atoms with Gasteiger partial charge in [-0.05, 0) is 5.56 Å². The van der Waals surface area contributed by atoms with Crippen LogP contribution in [0.25, 0.3) is 0 Å². The fraction of sp³-hybridized carbons (Fsp3) is 0.273. The molecule has 2 unspecified atom stereocenters. The average Bonchev–Trinajstić information content (AvgIpc) is 2.99. The first-order valence-electron chi connectivity index (χ1n) is 4.60. The van der Waals surface area contributed by atoms with E-state index < -0.39 is 5.97 Å². The highest BCUT2D eigenvalue weighted by atomic mass is 16.6. The predicted octanol–water partition coefficient (Wildman–Crippen LogP) is 1.54. The number of nitrogens with zero attached hydrogens (tertiary/aromatic N) is 1. The molecule has 1 aliphatic heterocycles. The normalized spacial score (nSPS) is 22.9. The fourth-order valence-corrected chi connectivity index (χ4v) is 1.49. The third kappa shape index (κ3) is 2.33. The second kappa shape index (κ2) is 4.11. The molecule has 1 aromatic rings. The van der Waals surface area contributed by atoms with Gasteiger partial charge in [0.25, 0.3) is 6.26 Å². The van der Waals surface area contributed by atoms with Crippen molar-refractivity contribution in [2.45, 2.75) is 18.6 Å². The summed E-state index contributed by atoms with van der Waals surface area (Å²) in [4.78, 5) is 10.9. The van der Waals surface area contributed by atoms with Crippen LogP contribution in [0.2, 0.25) is 0 Å². The smallest absolute Gasteiger partial charge is 0.324 e.